The lowest BCUT2D eigenvalue weighted by molar-refractivity contribution is -0.0238. The van der Waals surface area contributed by atoms with Crippen LogP contribution in [0.15, 0.2) is 0 Å². The molecule has 1 aromatic heterocycles. The number of rotatable bonds is 3. The summed E-state index contributed by atoms with van der Waals surface area (Å²) in [6, 6.07) is -0.139. The van der Waals surface area contributed by atoms with Crippen molar-refractivity contribution in [2.24, 2.45) is 0 Å². The van der Waals surface area contributed by atoms with Gasteiger partial charge in [-0.2, -0.15) is 0 Å². The molecule has 2 bridgehead atoms. The molecule has 2 aliphatic rings. The molecule has 0 spiro atoms. The second kappa shape index (κ2) is 5.61. The van der Waals surface area contributed by atoms with Gasteiger partial charge in [0, 0.05) is 13.1 Å². The molecule has 1 aromatic rings. The summed E-state index contributed by atoms with van der Waals surface area (Å²) in [6.45, 7) is 3.16. The molecule has 3 heterocycles. The van der Waals surface area contributed by atoms with Gasteiger partial charge < -0.3 is 20.1 Å². The molecule has 2 atom stereocenters. The average molecular weight is 311 g/mol. The van der Waals surface area contributed by atoms with Crippen LogP contribution in [0.5, 0.6) is 0 Å². The molecule has 0 radical (unpaired) electrons. The summed E-state index contributed by atoms with van der Waals surface area (Å²) in [6.07, 6.45) is 2.36. The topological polar surface area (TPSA) is 91.8 Å². The van der Waals surface area contributed by atoms with Crippen LogP contribution in [0.3, 0.4) is 0 Å². The quantitative estimate of drug-likeness (QED) is 0.876. The standard InChI is InChI=1S/C13H17N3O4S/c1-7-11(12(17)18)21-10(15-7)4-14-13(19)16-5-8-2-3-9(6-16)20-8/h8-9H,2-6H2,1H3,(H,14,19)(H,17,18). The molecule has 3 rings (SSSR count). The molecule has 2 saturated heterocycles. The number of aromatic carboxylic acids is 1. The van der Waals surface area contributed by atoms with E-state index in [1.165, 1.54) is 0 Å². The molecule has 7 nitrogen and oxygen atoms in total. The van der Waals surface area contributed by atoms with Crippen LogP contribution in [-0.4, -0.2) is 52.3 Å². The van der Waals surface area contributed by atoms with Gasteiger partial charge >= 0.3 is 12.0 Å². The molecule has 8 heteroatoms. The Labute approximate surface area is 125 Å². The zero-order valence-corrected chi connectivity index (χ0v) is 12.5. The Hall–Kier alpha value is -1.67. The first-order valence-electron chi connectivity index (χ1n) is 6.90. The first-order valence-corrected chi connectivity index (χ1v) is 7.72. The fourth-order valence-corrected chi connectivity index (χ4v) is 3.61. The zero-order chi connectivity index (χ0) is 15.0. The van der Waals surface area contributed by atoms with Crippen LogP contribution in [0.4, 0.5) is 4.79 Å². The average Bonchev–Trinajstić information content (AvgIpc) is 2.98. The number of urea groups is 1. The Morgan fingerprint density at radius 1 is 1.43 bits per heavy atom. The van der Waals surface area contributed by atoms with E-state index in [9.17, 15) is 9.59 Å². The summed E-state index contributed by atoms with van der Waals surface area (Å²) in [5.41, 5.74) is 0.487. The van der Waals surface area contributed by atoms with Crippen molar-refractivity contribution in [3.05, 3.63) is 15.6 Å². The smallest absolute Gasteiger partial charge is 0.347 e. The molecule has 2 fully saturated rings. The zero-order valence-electron chi connectivity index (χ0n) is 11.7. The van der Waals surface area contributed by atoms with Crippen molar-refractivity contribution >= 4 is 23.3 Å². The molecule has 2 amide bonds. The summed E-state index contributed by atoms with van der Waals surface area (Å²) >= 11 is 1.10. The minimum atomic E-state index is -0.979. The molecule has 0 aliphatic carbocycles. The van der Waals surface area contributed by atoms with E-state index in [2.05, 4.69) is 10.3 Å². The van der Waals surface area contributed by atoms with Gasteiger partial charge in [-0.15, -0.1) is 11.3 Å². The molecule has 21 heavy (non-hydrogen) atoms. The maximum Gasteiger partial charge on any atom is 0.347 e. The van der Waals surface area contributed by atoms with Gasteiger partial charge in [0.1, 0.15) is 9.88 Å². The van der Waals surface area contributed by atoms with E-state index in [4.69, 9.17) is 9.84 Å². The number of carbonyl (C=O) groups is 2. The predicted octanol–water partition coefficient (Wildman–Crippen LogP) is 1.22. The third-order valence-electron chi connectivity index (χ3n) is 3.76. The minimum absolute atomic E-state index is 0.139. The van der Waals surface area contributed by atoms with Gasteiger partial charge in [0.2, 0.25) is 0 Å². The van der Waals surface area contributed by atoms with E-state index in [-0.39, 0.29) is 29.7 Å². The summed E-state index contributed by atoms with van der Waals surface area (Å²) in [5.74, 6) is -0.979. The van der Waals surface area contributed by atoms with E-state index in [0.717, 1.165) is 24.2 Å². The van der Waals surface area contributed by atoms with Crippen LogP contribution >= 0.6 is 11.3 Å². The number of nitrogens with one attached hydrogen (secondary N) is 1. The first-order chi connectivity index (χ1) is 10.0. The van der Waals surface area contributed by atoms with Crippen molar-refractivity contribution in [2.45, 2.75) is 38.5 Å². The molecule has 2 unspecified atom stereocenters. The number of aromatic nitrogens is 1. The van der Waals surface area contributed by atoms with Crippen molar-refractivity contribution in [3.63, 3.8) is 0 Å². The lowest BCUT2D eigenvalue weighted by atomic mass is 10.2. The van der Waals surface area contributed by atoms with Crippen LogP contribution in [0, 0.1) is 6.92 Å². The van der Waals surface area contributed by atoms with E-state index in [1.54, 1.807) is 11.8 Å². The van der Waals surface area contributed by atoms with Crippen molar-refractivity contribution in [3.8, 4) is 0 Å². The number of aryl methyl sites for hydroxylation is 1. The number of nitrogens with zero attached hydrogens (tertiary/aromatic N) is 2. The SMILES string of the molecule is Cc1nc(CNC(=O)N2CC3CCC(C2)O3)sc1C(=O)O. The van der Waals surface area contributed by atoms with Gasteiger partial charge in [0.25, 0.3) is 0 Å². The lowest BCUT2D eigenvalue weighted by Crippen LogP contribution is -2.49. The fourth-order valence-electron chi connectivity index (χ4n) is 2.77. The van der Waals surface area contributed by atoms with E-state index in [1.807, 2.05) is 0 Å². The van der Waals surface area contributed by atoms with Crippen LogP contribution in [0.25, 0.3) is 0 Å². The molecule has 2 N–H and O–H groups in total. The first kappa shape index (κ1) is 14.3. The second-order valence-electron chi connectivity index (χ2n) is 5.35. The van der Waals surface area contributed by atoms with Gasteiger partial charge in [-0.25, -0.2) is 14.6 Å². The molecule has 114 valence electrons. The lowest BCUT2D eigenvalue weighted by Gasteiger charge is -2.32. The van der Waals surface area contributed by atoms with Crippen molar-refractivity contribution in [1.29, 1.82) is 0 Å². The molecule has 0 aromatic carbocycles. The molecule has 2 aliphatic heterocycles. The summed E-state index contributed by atoms with van der Waals surface area (Å²) < 4.78 is 5.69. The Kier molecular flexibility index (Phi) is 3.81. The Balaban J connectivity index is 1.56. The third-order valence-corrected chi connectivity index (χ3v) is 4.90. The molecular weight excluding hydrogens is 294 g/mol. The number of ether oxygens (including phenoxy) is 1. The highest BCUT2D eigenvalue weighted by Crippen LogP contribution is 2.26. The monoisotopic (exact) mass is 311 g/mol. The van der Waals surface area contributed by atoms with Gasteiger partial charge in [0.15, 0.2) is 0 Å². The highest BCUT2D eigenvalue weighted by atomic mass is 32.1. The van der Waals surface area contributed by atoms with E-state index < -0.39 is 5.97 Å². The van der Waals surface area contributed by atoms with Gasteiger partial charge in [-0.1, -0.05) is 0 Å². The Morgan fingerprint density at radius 2 is 2.10 bits per heavy atom. The maximum atomic E-state index is 12.1. The Bertz CT molecular complexity index is 562. The molecular formula is C13H17N3O4S. The number of thiazole rings is 1. The van der Waals surface area contributed by atoms with Crippen LogP contribution < -0.4 is 5.32 Å². The number of morpholine rings is 1. The summed E-state index contributed by atoms with van der Waals surface area (Å²) in [5, 5.41) is 12.4. The van der Waals surface area contributed by atoms with Crippen LogP contribution in [0.2, 0.25) is 0 Å². The van der Waals surface area contributed by atoms with Crippen LogP contribution in [0.1, 0.15) is 33.2 Å². The highest BCUT2D eigenvalue weighted by Gasteiger charge is 2.35. The normalized spacial score (nSPS) is 24.1. The number of hydrogen-bond acceptors (Lipinski definition) is 5. The highest BCUT2D eigenvalue weighted by molar-refractivity contribution is 7.13. The fraction of sp³-hybridized carbons (Fsp3) is 0.615. The predicted molar refractivity (Wildman–Crippen MR) is 75.5 cm³/mol. The summed E-state index contributed by atoms with van der Waals surface area (Å²) in [4.78, 5) is 29.3. The van der Waals surface area contributed by atoms with Crippen molar-refractivity contribution in [2.75, 3.05) is 13.1 Å². The van der Waals surface area contributed by atoms with Gasteiger partial charge in [-0.3, -0.25) is 0 Å². The van der Waals surface area contributed by atoms with Crippen molar-refractivity contribution < 1.29 is 19.4 Å². The summed E-state index contributed by atoms with van der Waals surface area (Å²) in [7, 11) is 0. The largest absolute Gasteiger partial charge is 0.477 e. The minimum Gasteiger partial charge on any atom is -0.477 e. The van der Waals surface area contributed by atoms with E-state index >= 15 is 0 Å². The Morgan fingerprint density at radius 3 is 2.67 bits per heavy atom. The second-order valence-corrected chi connectivity index (χ2v) is 6.43. The van der Waals surface area contributed by atoms with Gasteiger partial charge in [0.05, 0.1) is 24.4 Å². The number of amides is 2. The van der Waals surface area contributed by atoms with E-state index in [0.29, 0.717) is 23.8 Å². The van der Waals surface area contributed by atoms with Gasteiger partial charge in [-0.05, 0) is 19.8 Å². The number of carboxylic acids is 1. The number of likely N-dealkylation sites (tertiary alicyclic amines) is 1. The number of hydrogen-bond donors (Lipinski definition) is 2. The number of carbonyl (C=O) groups excluding carboxylic acids is 1. The maximum absolute atomic E-state index is 12.1. The van der Waals surface area contributed by atoms with Crippen LogP contribution in [-0.2, 0) is 11.3 Å². The number of fused-ring (bicyclic) bond motifs is 2. The third kappa shape index (κ3) is 3.01. The number of carboxylic acid groups (broad SMARTS) is 1. The van der Waals surface area contributed by atoms with Crippen molar-refractivity contribution in [1.82, 2.24) is 15.2 Å². The molecule has 0 saturated carbocycles.